The lowest BCUT2D eigenvalue weighted by Crippen LogP contribution is -2.39. The Labute approximate surface area is 185 Å². The topological polar surface area (TPSA) is 42.4 Å². The van der Waals surface area contributed by atoms with Gasteiger partial charge in [0.1, 0.15) is 0 Å². The molecule has 30 heavy (non-hydrogen) atoms. The maximum Gasteiger partial charge on any atom is 0.255 e. The number of para-hydroxylation sites is 1. The molecule has 0 bridgehead atoms. The Hall–Kier alpha value is -1.89. The number of ether oxygens (including phenoxy) is 1. The highest BCUT2D eigenvalue weighted by atomic mass is 32.2. The number of likely N-dealkylation sites (tertiary alicyclic amines) is 1. The Morgan fingerprint density at radius 2 is 2.00 bits per heavy atom. The normalized spacial score (nSPS) is 21.9. The van der Waals surface area contributed by atoms with Gasteiger partial charge in [-0.1, -0.05) is 24.3 Å². The average molecular weight is 439 g/mol. The van der Waals surface area contributed by atoms with Gasteiger partial charge in [0.05, 0.1) is 26.9 Å². The standard InChI is InChI=1S/C24H26N2O2S2/c27-24(19-9-1-3-11-21(19)29-16-18-8-6-14-28-18)26-13-5-7-17(15-26)23-25-20-10-2-4-12-22(20)30-23/h1-4,9-12,17-18H,5-8,13-16H2/t17-,18+/m1/s1. The molecule has 1 amide bonds. The van der Waals surface area contributed by atoms with Crippen LogP contribution in [0.5, 0.6) is 0 Å². The van der Waals surface area contributed by atoms with E-state index in [2.05, 4.69) is 24.3 Å². The smallest absolute Gasteiger partial charge is 0.255 e. The molecule has 1 aromatic heterocycles. The van der Waals surface area contributed by atoms with Gasteiger partial charge in [-0.05, 0) is 49.9 Å². The monoisotopic (exact) mass is 438 g/mol. The van der Waals surface area contributed by atoms with E-state index >= 15 is 0 Å². The second-order valence-corrected chi connectivity index (χ2v) is 10.2. The molecule has 2 saturated heterocycles. The van der Waals surface area contributed by atoms with Crippen molar-refractivity contribution in [3.8, 4) is 0 Å². The average Bonchev–Trinajstić information content (AvgIpc) is 3.47. The van der Waals surface area contributed by atoms with Crippen LogP contribution in [0.1, 0.15) is 47.0 Å². The molecule has 4 nitrogen and oxygen atoms in total. The molecule has 156 valence electrons. The first kappa shape index (κ1) is 20.0. The third-order valence-electron chi connectivity index (χ3n) is 5.93. The summed E-state index contributed by atoms with van der Waals surface area (Å²) in [4.78, 5) is 21.4. The van der Waals surface area contributed by atoms with Crippen LogP contribution in [0.2, 0.25) is 0 Å². The van der Waals surface area contributed by atoms with Crippen LogP contribution in [0.25, 0.3) is 10.2 Å². The fraction of sp³-hybridized carbons (Fsp3) is 0.417. The summed E-state index contributed by atoms with van der Waals surface area (Å²) in [5.41, 5.74) is 1.89. The number of piperidine rings is 1. The second kappa shape index (κ2) is 9.08. The van der Waals surface area contributed by atoms with Crippen molar-refractivity contribution in [1.29, 1.82) is 0 Å². The summed E-state index contributed by atoms with van der Waals surface area (Å²) in [6, 6.07) is 16.3. The number of fused-ring (bicyclic) bond motifs is 1. The van der Waals surface area contributed by atoms with E-state index in [1.807, 2.05) is 29.2 Å². The van der Waals surface area contributed by atoms with E-state index < -0.39 is 0 Å². The number of aromatic nitrogens is 1. The molecule has 0 unspecified atom stereocenters. The number of carbonyl (C=O) groups is 1. The van der Waals surface area contributed by atoms with Gasteiger partial charge >= 0.3 is 0 Å². The summed E-state index contributed by atoms with van der Waals surface area (Å²) in [5.74, 6) is 1.39. The fourth-order valence-corrected chi connectivity index (χ4v) is 6.53. The predicted molar refractivity (Wildman–Crippen MR) is 124 cm³/mol. The molecule has 6 heteroatoms. The molecule has 3 aromatic rings. The van der Waals surface area contributed by atoms with E-state index in [-0.39, 0.29) is 5.91 Å². The number of rotatable bonds is 5. The van der Waals surface area contributed by atoms with Crippen molar-refractivity contribution in [2.75, 3.05) is 25.4 Å². The SMILES string of the molecule is O=C(c1ccccc1SC[C@@H]1CCCO1)N1CCC[C@@H](c2nc3ccccc3s2)C1. The quantitative estimate of drug-likeness (QED) is 0.487. The fourth-order valence-electron chi connectivity index (χ4n) is 4.33. The van der Waals surface area contributed by atoms with E-state index in [9.17, 15) is 4.79 Å². The lowest BCUT2D eigenvalue weighted by atomic mass is 9.98. The largest absolute Gasteiger partial charge is 0.377 e. The van der Waals surface area contributed by atoms with Gasteiger partial charge in [0, 0.05) is 36.3 Å². The van der Waals surface area contributed by atoms with Crippen molar-refractivity contribution in [1.82, 2.24) is 9.88 Å². The zero-order valence-electron chi connectivity index (χ0n) is 17.0. The summed E-state index contributed by atoms with van der Waals surface area (Å²) in [7, 11) is 0. The Kier molecular flexibility index (Phi) is 6.07. The number of amides is 1. The molecule has 0 spiro atoms. The first-order valence-corrected chi connectivity index (χ1v) is 12.6. The molecule has 0 radical (unpaired) electrons. The number of carbonyl (C=O) groups excluding carboxylic acids is 1. The number of thiazole rings is 1. The summed E-state index contributed by atoms with van der Waals surface area (Å²) in [5, 5.41) is 1.16. The van der Waals surface area contributed by atoms with Crippen LogP contribution in [-0.2, 0) is 4.74 Å². The number of hydrogen-bond donors (Lipinski definition) is 0. The van der Waals surface area contributed by atoms with Gasteiger partial charge in [0.2, 0.25) is 0 Å². The third kappa shape index (κ3) is 4.27. The van der Waals surface area contributed by atoms with Crippen molar-refractivity contribution >= 4 is 39.2 Å². The summed E-state index contributed by atoms with van der Waals surface area (Å²) in [6.45, 7) is 2.45. The Bertz CT molecular complexity index is 996. The highest BCUT2D eigenvalue weighted by molar-refractivity contribution is 7.99. The van der Waals surface area contributed by atoms with E-state index in [4.69, 9.17) is 9.72 Å². The van der Waals surface area contributed by atoms with Crippen molar-refractivity contribution < 1.29 is 9.53 Å². The van der Waals surface area contributed by atoms with Crippen LogP contribution in [-0.4, -0.2) is 47.3 Å². The highest BCUT2D eigenvalue weighted by Crippen LogP contribution is 2.34. The van der Waals surface area contributed by atoms with E-state index in [0.717, 1.165) is 72.1 Å². The zero-order valence-corrected chi connectivity index (χ0v) is 18.6. The third-order valence-corrected chi connectivity index (χ3v) is 8.34. The molecule has 5 rings (SSSR count). The van der Waals surface area contributed by atoms with Crippen LogP contribution in [0.3, 0.4) is 0 Å². The molecule has 2 fully saturated rings. The molecule has 2 aliphatic heterocycles. The minimum Gasteiger partial charge on any atom is -0.377 e. The number of benzene rings is 2. The van der Waals surface area contributed by atoms with Crippen LogP contribution in [0.15, 0.2) is 53.4 Å². The number of hydrogen-bond acceptors (Lipinski definition) is 5. The van der Waals surface area contributed by atoms with Crippen molar-refractivity contribution in [2.24, 2.45) is 0 Å². The van der Waals surface area contributed by atoms with Gasteiger partial charge < -0.3 is 9.64 Å². The van der Waals surface area contributed by atoms with Crippen molar-refractivity contribution in [2.45, 2.75) is 42.6 Å². The molecule has 2 atom stereocenters. The van der Waals surface area contributed by atoms with E-state index in [1.165, 1.54) is 4.70 Å². The van der Waals surface area contributed by atoms with Crippen LogP contribution in [0.4, 0.5) is 0 Å². The van der Waals surface area contributed by atoms with Gasteiger partial charge in [-0.25, -0.2) is 4.98 Å². The second-order valence-electron chi connectivity index (χ2n) is 8.05. The van der Waals surface area contributed by atoms with E-state index in [1.54, 1.807) is 23.1 Å². The van der Waals surface area contributed by atoms with Crippen LogP contribution < -0.4 is 0 Å². The molecule has 0 aliphatic carbocycles. The first-order valence-electron chi connectivity index (χ1n) is 10.8. The lowest BCUT2D eigenvalue weighted by molar-refractivity contribution is 0.0703. The minimum absolute atomic E-state index is 0.149. The minimum atomic E-state index is 0.149. The van der Waals surface area contributed by atoms with Gasteiger partial charge in [0.15, 0.2) is 0 Å². The van der Waals surface area contributed by atoms with Gasteiger partial charge in [-0.15, -0.1) is 23.1 Å². The zero-order chi connectivity index (χ0) is 20.3. The predicted octanol–water partition coefficient (Wildman–Crippen LogP) is 5.59. The van der Waals surface area contributed by atoms with Crippen LogP contribution >= 0.6 is 23.1 Å². The molecule has 0 N–H and O–H groups in total. The van der Waals surface area contributed by atoms with Crippen molar-refractivity contribution in [3.63, 3.8) is 0 Å². The maximum absolute atomic E-state index is 13.4. The highest BCUT2D eigenvalue weighted by Gasteiger charge is 2.28. The molecule has 0 saturated carbocycles. The number of thioether (sulfide) groups is 1. The molecular weight excluding hydrogens is 412 g/mol. The van der Waals surface area contributed by atoms with Crippen LogP contribution in [0, 0.1) is 0 Å². The molecule has 2 aliphatic rings. The first-order chi connectivity index (χ1) is 14.8. The summed E-state index contributed by atoms with van der Waals surface area (Å²) in [6.07, 6.45) is 4.71. The van der Waals surface area contributed by atoms with Gasteiger partial charge in [0.25, 0.3) is 5.91 Å². The molecule has 3 heterocycles. The van der Waals surface area contributed by atoms with Crippen molar-refractivity contribution in [3.05, 3.63) is 59.1 Å². The Morgan fingerprint density at radius 1 is 1.13 bits per heavy atom. The summed E-state index contributed by atoms with van der Waals surface area (Å²) < 4.78 is 6.99. The Morgan fingerprint density at radius 3 is 2.87 bits per heavy atom. The van der Waals surface area contributed by atoms with E-state index in [0.29, 0.717) is 12.0 Å². The van der Waals surface area contributed by atoms with Gasteiger partial charge in [-0.2, -0.15) is 0 Å². The molecule has 2 aromatic carbocycles. The lowest BCUT2D eigenvalue weighted by Gasteiger charge is -2.32. The summed E-state index contributed by atoms with van der Waals surface area (Å²) >= 11 is 3.53. The Balaban J connectivity index is 1.31. The van der Waals surface area contributed by atoms with Gasteiger partial charge in [-0.3, -0.25) is 4.79 Å². The number of nitrogens with zero attached hydrogens (tertiary/aromatic N) is 2. The molecular formula is C24H26N2O2S2. The maximum atomic E-state index is 13.4.